The zero-order chi connectivity index (χ0) is 24.1. The SMILES string of the molecule is Cc1nn(-c2ccccc2)c(C)c1C(=O)OCC(=O)Nc1ccccc1C(=O)NC1CCCC1. The van der Waals surface area contributed by atoms with Crippen molar-refractivity contribution in [3.05, 3.63) is 77.1 Å². The van der Waals surface area contributed by atoms with Crippen molar-refractivity contribution in [3.8, 4) is 5.69 Å². The minimum Gasteiger partial charge on any atom is -0.452 e. The van der Waals surface area contributed by atoms with Gasteiger partial charge >= 0.3 is 5.97 Å². The van der Waals surface area contributed by atoms with E-state index in [1.165, 1.54) is 0 Å². The van der Waals surface area contributed by atoms with Crippen molar-refractivity contribution in [2.24, 2.45) is 0 Å². The van der Waals surface area contributed by atoms with Crippen LogP contribution in [0.25, 0.3) is 5.69 Å². The predicted octanol–water partition coefficient (Wildman–Crippen LogP) is 3.96. The van der Waals surface area contributed by atoms with Crippen molar-refractivity contribution >= 4 is 23.5 Å². The van der Waals surface area contributed by atoms with Gasteiger partial charge in [-0.25, -0.2) is 9.48 Å². The van der Waals surface area contributed by atoms with Crippen LogP contribution in [0.1, 0.15) is 57.8 Å². The number of aromatic nitrogens is 2. The van der Waals surface area contributed by atoms with Gasteiger partial charge in [0.1, 0.15) is 5.56 Å². The van der Waals surface area contributed by atoms with E-state index in [1.807, 2.05) is 30.3 Å². The first-order valence-corrected chi connectivity index (χ1v) is 11.4. The molecule has 0 spiro atoms. The molecule has 0 unspecified atom stereocenters. The summed E-state index contributed by atoms with van der Waals surface area (Å²) < 4.78 is 6.95. The third-order valence-electron chi connectivity index (χ3n) is 5.97. The summed E-state index contributed by atoms with van der Waals surface area (Å²) in [5.41, 5.74) is 3.05. The number of rotatable bonds is 7. The molecule has 2 amide bonds. The van der Waals surface area contributed by atoms with Gasteiger partial charge in [0.15, 0.2) is 6.61 Å². The van der Waals surface area contributed by atoms with Crippen LogP contribution < -0.4 is 10.6 Å². The molecule has 176 valence electrons. The molecule has 2 N–H and O–H groups in total. The van der Waals surface area contributed by atoms with Crippen molar-refractivity contribution < 1.29 is 19.1 Å². The fraction of sp³-hybridized carbons (Fsp3) is 0.308. The highest BCUT2D eigenvalue weighted by molar-refractivity contribution is 6.04. The molecular weight excluding hydrogens is 432 g/mol. The molecule has 1 fully saturated rings. The molecule has 0 atom stereocenters. The third-order valence-corrected chi connectivity index (χ3v) is 5.97. The van der Waals surface area contributed by atoms with E-state index in [9.17, 15) is 14.4 Å². The lowest BCUT2D eigenvalue weighted by atomic mass is 10.1. The molecule has 4 rings (SSSR count). The van der Waals surface area contributed by atoms with Gasteiger partial charge in [0.05, 0.1) is 28.3 Å². The number of carbonyl (C=O) groups is 3. The predicted molar refractivity (Wildman–Crippen MR) is 128 cm³/mol. The number of aryl methyl sites for hydroxylation is 1. The molecule has 0 bridgehead atoms. The molecule has 8 heteroatoms. The number of hydrogen-bond acceptors (Lipinski definition) is 5. The Kier molecular flexibility index (Phi) is 7.06. The Morgan fingerprint density at radius 3 is 2.41 bits per heavy atom. The molecule has 3 aromatic rings. The third kappa shape index (κ3) is 5.17. The second-order valence-electron chi connectivity index (χ2n) is 8.42. The molecule has 0 saturated heterocycles. The van der Waals surface area contributed by atoms with Crippen molar-refractivity contribution in [3.63, 3.8) is 0 Å². The summed E-state index contributed by atoms with van der Waals surface area (Å²) in [6, 6.07) is 16.4. The molecule has 1 saturated carbocycles. The number of hydrogen-bond donors (Lipinski definition) is 2. The van der Waals surface area contributed by atoms with Gasteiger partial charge in [0.2, 0.25) is 0 Å². The number of nitrogens with one attached hydrogen (secondary N) is 2. The van der Waals surface area contributed by atoms with Crippen LogP contribution in [0.5, 0.6) is 0 Å². The van der Waals surface area contributed by atoms with E-state index in [1.54, 1.807) is 42.8 Å². The number of esters is 1. The topological polar surface area (TPSA) is 102 Å². The number of benzene rings is 2. The van der Waals surface area contributed by atoms with Gasteiger partial charge in [-0.15, -0.1) is 0 Å². The van der Waals surface area contributed by atoms with E-state index in [2.05, 4.69) is 15.7 Å². The number of para-hydroxylation sites is 2. The molecular formula is C26H28N4O4. The lowest BCUT2D eigenvalue weighted by molar-refractivity contribution is -0.119. The molecule has 0 aliphatic heterocycles. The van der Waals surface area contributed by atoms with Crippen LogP contribution in [-0.2, 0) is 9.53 Å². The first kappa shape index (κ1) is 23.2. The summed E-state index contributed by atoms with van der Waals surface area (Å²) in [5.74, 6) is -1.38. The highest BCUT2D eigenvalue weighted by atomic mass is 16.5. The average molecular weight is 461 g/mol. The van der Waals surface area contributed by atoms with Crippen LogP contribution in [-0.4, -0.2) is 40.2 Å². The van der Waals surface area contributed by atoms with Gasteiger partial charge in [0.25, 0.3) is 11.8 Å². The normalized spacial score (nSPS) is 13.5. The monoisotopic (exact) mass is 460 g/mol. The fourth-order valence-electron chi connectivity index (χ4n) is 4.27. The average Bonchev–Trinajstić information content (AvgIpc) is 3.45. The van der Waals surface area contributed by atoms with E-state index in [-0.39, 0.29) is 11.9 Å². The summed E-state index contributed by atoms with van der Waals surface area (Å²) in [7, 11) is 0. The maximum Gasteiger partial charge on any atom is 0.342 e. The van der Waals surface area contributed by atoms with Crippen LogP contribution >= 0.6 is 0 Å². The first-order valence-electron chi connectivity index (χ1n) is 11.4. The maximum atomic E-state index is 12.7. The zero-order valence-electron chi connectivity index (χ0n) is 19.3. The highest BCUT2D eigenvalue weighted by Crippen LogP contribution is 2.21. The minimum atomic E-state index is -0.625. The van der Waals surface area contributed by atoms with Crippen molar-refractivity contribution in [2.45, 2.75) is 45.6 Å². The van der Waals surface area contributed by atoms with Crippen LogP contribution in [0.15, 0.2) is 54.6 Å². The maximum absolute atomic E-state index is 12.7. The Morgan fingerprint density at radius 1 is 1.00 bits per heavy atom. The second kappa shape index (κ2) is 10.3. The molecule has 8 nitrogen and oxygen atoms in total. The number of carbonyl (C=O) groups excluding carboxylic acids is 3. The van der Waals surface area contributed by atoms with E-state index in [0.717, 1.165) is 31.4 Å². The summed E-state index contributed by atoms with van der Waals surface area (Å²) in [6.07, 6.45) is 4.15. The molecule has 1 aromatic heterocycles. The van der Waals surface area contributed by atoms with E-state index in [0.29, 0.717) is 28.2 Å². The lowest BCUT2D eigenvalue weighted by Gasteiger charge is -2.15. The van der Waals surface area contributed by atoms with Crippen LogP contribution in [0.3, 0.4) is 0 Å². The second-order valence-corrected chi connectivity index (χ2v) is 8.42. The van der Waals surface area contributed by atoms with Gasteiger partial charge in [-0.2, -0.15) is 5.10 Å². The van der Waals surface area contributed by atoms with Gasteiger partial charge in [-0.05, 0) is 51.0 Å². The van der Waals surface area contributed by atoms with Crippen LogP contribution in [0.4, 0.5) is 5.69 Å². The largest absolute Gasteiger partial charge is 0.452 e. The summed E-state index contributed by atoms with van der Waals surface area (Å²) >= 11 is 0. The zero-order valence-corrected chi connectivity index (χ0v) is 19.3. The van der Waals surface area contributed by atoms with Gasteiger partial charge in [-0.1, -0.05) is 43.2 Å². The van der Waals surface area contributed by atoms with Gasteiger partial charge in [0, 0.05) is 6.04 Å². The number of nitrogens with zero attached hydrogens (tertiary/aromatic N) is 2. The Labute approximate surface area is 198 Å². The number of amides is 2. The summed E-state index contributed by atoms with van der Waals surface area (Å²) in [5, 5.41) is 10.1. The van der Waals surface area contributed by atoms with Crippen molar-refractivity contribution in [1.29, 1.82) is 0 Å². The quantitative estimate of drug-likeness (QED) is 0.520. The molecule has 34 heavy (non-hydrogen) atoms. The first-order chi connectivity index (χ1) is 16.4. The van der Waals surface area contributed by atoms with E-state index in [4.69, 9.17) is 4.74 Å². The number of ether oxygens (including phenoxy) is 1. The van der Waals surface area contributed by atoms with Crippen molar-refractivity contribution in [1.82, 2.24) is 15.1 Å². The highest BCUT2D eigenvalue weighted by Gasteiger charge is 2.23. The Balaban J connectivity index is 1.39. The molecule has 0 radical (unpaired) electrons. The summed E-state index contributed by atoms with van der Waals surface area (Å²) in [4.78, 5) is 38.0. The van der Waals surface area contributed by atoms with Crippen LogP contribution in [0, 0.1) is 13.8 Å². The fourth-order valence-corrected chi connectivity index (χ4v) is 4.27. The van der Waals surface area contributed by atoms with Crippen molar-refractivity contribution in [2.75, 3.05) is 11.9 Å². The number of anilines is 1. The Bertz CT molecular complexity index is 1200. The Morgan fingerprint density at radius 2 is 1.68 bits per heavy atom. The standard InChI is InChI=1S/C26H28N4O4/c1-17-24(18(2)30(29-17)20-12-4-3-5-13-20)26(33)34-16-23(31)28-22-15-9-8-14-21(22)25(32)27-19-10-6-7-11-19/h3-5,8-9,12-15,19H,6-7,10-11,16H2,1-2H3,(H,27,32)(H,28,31). The Hall–Kier alpha value is -3.94. The molecule has 1 heterocycles. The van der Waals surface area contributed by atoms with E-state index < -0.39 is 18.5 Å². The summed E-state index contributed by atoms with van der Waals surface area (Å²) in [6.45, 7) is 3.03. The van der Waals surface area contributed by atoms with Crippen LogP contribution in [0.2, 0.25) is 0 Å². The molecule has 2 aromatic carbocycles. The molecule has 1 aliphatic carbocycles. The van der Waals surface area contributed by atoms with E-state index >= 15 is 0 Å². The molecule has 1 aliphatic rings. The lowest BCUT2D eigenvalue weighted by Crippen LogP contribution is -2.33. The smallest absolute Gasteiger partial charge is 0.342 e. The van der Waals surface area contributed by atoms with Gasteiger partial charge < -0.3 is 15.4 Å². The minimum absolute atomic E-state index is 0.167. The van der Waals surface area contributed by atoms with Gasteiger partial charge in [-0.3, -0.25) is 9.59 Å².